The predicted octanol–water partition coefficient (Wildman–Crippen LogP) is 3.73. The van der Waals surface area contributed by atoms with E-state index in [4.69, 9.17) is 4.74 Å². The summed E-state index contributed by atoms with van der Waals surface area (Å²) in [6, 6.07) is 8.05. The summed E-state index contributed by atoms with van der Waals surface area (Å²) < 4.78 is 7.33. The summed E-state index contributed by atoms with van der Waals surface area (Å²) in [4.78, 5) is 0. The van der Waals surface area contributed by atoms with E-state index in [1.807, 2.05) is 42.9 Å². The largest absolute Gasteiger partial charge is 0.494 e. The molecular weight excluding hydrogens is 262 g/mol. The third-order valence-electron chi connectivity index (χ3n) is 3.26. The molecule has 0 unspecified atom stereocenters. The van der Waals surface area contributed by atoms with E-state index in [-0.39, 0.29) is 5.41 Å². The molecule has 0 saturated heterocycles. The van der Waals surface area contributed by atoms with Gasteiger partial charge in [0.15, 0.2) is 0 Å². The van der Waals surface area contributed by atoms with Crippen LogP contribution in [0.1, 0.15) is 39.0 Å². The van der Waals surface area contributed by atoms with Crippen LogP contribution < -0.4 is 10.1 Å². The number of anilines is 1. The maximum atomic E-state index is 5.45. The van der Waals surface area contributed by atoms with Crippen molar-refractivity contribution in [3.8, 4) is 5.75 Å². The molecule has 114 valence electrons. The molecule has 0 spiro atoms. The minimum Gasteiger partial charge on any atom is -0.494 e. The molecule has 0 aliphatic rings. The second kappa shape index (κ2) is 6.20. The summed E-state index contributed by atoms with van der Waals surface area (Å²) in [7, 11) is 1.97. The van der Waals surface area contributed by atoms with E-state index in [2.05, 4.69) is 37.4 Å². The van der Waals surface area contributed by atoms with E-state index in [0.717, 1.165) is 23.7 Å². The molecule has 1 aromatic carbocycles. The zero-order valence-corrected chi connectivity index (χ0v) is 13.6. The second-order valence-electron chi connectivity index (χ2n) is 6.24. The number of hydrogen-bond acceptors (Lipinski definition) is 3. The van der Waals surface area contributed by atoms with E-state index in [1.165, 1.54) is 5.56 Å². The molecule has 0 bridgehead atoms. The highest BCUT2D eigenvalue weighted by Gasteiger charge is 2.21. The number of nitrogens with zero attached hydrogens (tertiary/aromatic N) is 2. The number of aromatic nitrogens is 2. The first-order chi connectivity index (χ1) is 9.90. The van der Waals surface area contributed by atoms with Gasteiger partial charge in [0.2, 0.25) is 0 Å². The molecule has 0 saturated carbocycles. The molecule has 0 fully saturated rings. The lowest BCUT2D eigenvalue weighted by Gasteiger charge is -2.18. The highest BCUT2D eigenvalue weighted by molar-refractivity contribution is 5.47. The minimum absolute atomic E-state index is 0.0527. The maximum Gasteiger partial charge on any atom is 0.119 e. The van der Waals surface area contributed by atoms with Gasteiger partial charge in [0, 0.05) is 36.5 Å². The molecular formula is C17H25N3O. The number of hydrogen-bond donors (Lipinski definition) is 1. The molecule has 1 aromatic heterocycles. The lowest BCUT2D eigenvalue weighted by Crippen LogP contribution is -2.16. The fourth-order valence-electron chi connectivity index (χ4n) is 2.33. The molecule has 0 amide bonds. The fraction of sp³-hybridized carbons (Fsp3) is 0.471. The molecule has 2 aromatic rings. The molecule has 4 nitrogen and oxygen atoms in total. The topological polar surface area (TPSA) is 39.1 Å². The average Bonchev–Trinajstić information content (AvgIpc) is 2.80. The Morgan fingerprint density at radius 1 is 1.19 bits per heavy atom. The van der Waals surface area contributed by atoms with Crippen molar-refractivity contribution in [3.05, 3.63) is 41.7 Å². The Bertz CT molecular complexity index is 579. The van der Waals surface area contributed by atoms with Crippen LogP contribution in [0.15, 0.2) is 30.5 Å². The van der Waals surface area contributed by atoms with Gasteiger partial charge in [-0.1, -0.05) is 20.8 Å². The van der Waals surface area contributed by atoms with Gasteiger partial charge in [-0.2, -0.15) is 5.10 Å². The van der Waals surface area contributed by atoms with Crippen molar-refractivity contribution in [2.75, 3.05) is 11.9 Å². The summed E-state index contributed by atoms with van der Waals surface area (Å²) in [6.45, 7) is 10.0. The van der Waals surface area contributed by atoms with Crippen LogP contribution in [0.25, 0.3) is 0 Å². The van der Waals surface area contributed by atoms with Gasteiger partial charge in [-0.3, -0.25) is 4.68 Å². The Hall–Kier alpha value is -1.97. The smallest absolute Gasteiger partial charge is 0.119 e. The summed E-state index contributed by atoms with van der Waals surface area (Å²) in [5.74, 6) is 0.903. The normalized spacial score (nSPS) is 11.5. The van der Waals surface area contributed by atoms with Crippen molar-refractivity contribution in [1.29, 1.82) is 0 Å². The number of nitrogens with one attached hydrogen (secondary N) is 1. The Kier molecular flexibility index (Phi) is 4.56. The zero-order chi connectivity index (χ0) is 15.5. The first-order valence-corrected chi connectivity index (χ1v) is 7.40. The van der Waals surface area contributed by atoms with Gasteiger partial charge in [0.25, 0.3) is 0 Å². The van der Waals surface area contributed by atoms with E-state index in [0.29, 0.717) is 6.61 Å². The maximum absolute atomic E-state index is 5.45. The minimum atomic E-state index is 0.0527. The summed E-state index contributed by atoms with van der Waals surface area (Å²) in [5, 5.41) is 8.04. The quantitative estimate of drug-likeness (QED) is 0.910. The second-order valence-corrected chi connectivity index (χ2v) is 6.24. The van der Waals surface area contributed by atoms with Crippen molar-refractivity contribution in [2.45, 2.75) is 39.7 Å². The summed E-state index contributed by atoms with van der Waals surface area (Å²) in [6.07, 6.45) is 2.09. The van der Waals surface area contributed by atoms with Crippen LogP contribution in [0.3, 0.4) is 0 Å². The summed E-state index contributed by atoms with van der Waals surface area (Å²) in [5.41, 5.74) is 3.52. The van der Waals surface area contributed by atoms with Crippen molar-refractivity contribution in [3.63, 3.8) is 0 Å². The molecule has 0 aliphatic heterocycles. The number of ether oxygens (including phenoxy) is 1. The van der Waals surface area contributed by atoms with Crippen molar-refractivity contribution in [1.82, 2.24) is 9.78 Å². The molecule has 1 heterocycles. The van der Waals surface area contributed by atoms with Crippen LogP contribution in [0.5, 0.6) is 5.75 Å². The molecule has 0 aliphatic carbocycles. The molecule has 2 rings (SSSR count). The third-order valence-corrected chi connectivity index (χ3v) is 3.26. The van der Waals surface area contributed by atoms with Gasteiger partial charge >= 0.3 is 0 Å². The Morgan fingerprint density at radius 2 is 1.86 bits per heavy atom. The van der Waals surface area contributed by atoms with Gasteiger partial charge in [-0.05, 0) is 31.2 Å². The zero-order valence-electron chi connectivity index (χ0n) is 13.6. The standard InChI is InChI=1S/C17H25N3O/c1-6-21-15-9-7-14(8-10-15)18-11-13-12-20(5)19-16(13)17(2,3)4/h7-10,12,18H,6,11H2,1-5H3. The average molecular weight is 287 g/mol. The van der Waals surface area contributed by atoms with Crippen molar-refractivity contribution < 1.29 is 4.74 Å². The first-order valence-electron chi connectivity index (χ1n) is 7.40. The first kappa shape index (κ1) is 15.4. The van der Waals surface area contributed by atoms with E-state index < -0.39 is 0 Å². The van der Waals surface area contributed by atoms with Crippen LogP contribution in [0, 0.1) is 0 Å². The molecule has 0 radical (unpaired) electrons. The van der Waals surface area contributed by atoms with Gasteiger partial charge in [0.05, 0.1) is 12.3 Å². The van der Waals surface area contributed by atoms with Gasteiger partial charge in [-0.15, -0.1) is 0 Å². The Balaban J connectivity index is 2.06. The monoisotopic (exact) mass is 287 g/mol. The highest BCUT2D eigenvalue weighted by atomic mass is 16.5. The van der Waals surface area contributed by atoms with E-state index in [1.54, 1.807) is 0 Å². The fourth-order valence-corrected chi connectivity index (χ4v) is 2.33. The van der Waals surface area contributed by atoms with E-state index in [9.17, 15) is 0 Å². The highest BCUT2D eigenvalue weighted by Crippen LogP contribution is 2.25. The van der Waals surface area contributed by atoms with Gasteiger partial charge in [-0.25, -0.2) is 0 Å². The number of rotatable bonds is 5. The number of benzene rings is 1. The lowest BCUT2D eigenvalue weighted by atomic mass is 9.89. The predicted molar refractivity (Wildman–Crippen MR) is 86.8 cm³/mol. The van der Waals surface area contributed by atoms with Crippen LogP contribution in [0.4, 0.5) is 5.69 Å². The van der Waals surface area contributed by atoms with Crippen molar-refractivity contribution in [2.24, 2.45) is 7.05 Å². The SMILES string of the molecule is CCOc1ccc(NCc2cn(C)nc2C(C)(C)C)cc1. The number of aryl methyl sites for hydroxylation is 1. The van der Waals surface area contributed by atoms with Crippen LogP contribution in [-0.2, 0) is 19.0 Å². The van der Waals surface area contributed by atoms with Gasteiger partial charge in [0.1, 0.15) is 5.75 Å². The van der Waals surface area contributed by atoms with E-state index >= 15 is 0 Å². The molecule has 21 heavy (non-hydrogen) atoms. The third kappa shape index (κ3) is 4.00. The molecule has 1 N–H and O–H groups in total. The van der Waals surface area contributed by atoms with Crippen LogP contribution >= 0.6 is 0 Å². The Morgan fingerprint density at radius 3 is 2.43 bits per heavy atom. The summed E-state index contributed by atoms with van der Waals surface area (Å²) >= 11 is 0. The van der Waals surface area contributed by atoms with Crippen molar-refractivity contribution >= 4 is 5.69 Å². The van der Waals surface area contributed by atoms with Crippen LogP contribution in [-0.4, -0.2) is 16.4 Å². The van der Waals surface area contributed by atoms with Gasteiger partial charge < -0.3 is 10.1 Å². The Labute approximate surface area is 127 Å². The lowest BCUT2D eigenvalue weighted by molar-refractivity contribution is 0.340. The molecule has 4 heteroatoms. The molecule has 0 atom stereocenters. The van der Waals surface area contributed by atoms with Crippen LogP contribution in [0.2, 0.25) is 0 Å².